The average molecular weight is 194 g/mol. The first-order valence-corrected chi connectivity index (χ1v) is 5.04. The molecule has 1 atom stereocenters. The van der Waals surface area contributed by atoms with E-state index in [1.165, 1.54) is 0 Å². The lowest BCUT2D eigenvalue weighted by Gasteiger charge is -2.06. The number of aromatic nitrogens is 2. The number of aryl methyl sites for hydroxylation is 1. The molecule has 0 saturated carbocycles. The minimum Gasteiger partial charge on any atom is -0.369 e. The number of anilines is 1. The van der Waals surface area contributed by atoms with Crippen LogP contribution in [0.25, 0.3) is 0 Å². The van der Waals surface area contributed by atoms with Gasteiger partial charge in [0, 0.05) is 12.6 Å². The first kappa shape index (κ1) is 10.9. The molecule has 0 aliphatic carbocycles. The number of hydrogen-bond donors (Lipinski definition) is 2. The minimum atomic E-state index is 0.227. The lowest BCUT2D eigenvalue weighted by molar-refractivity contribution is 0.688. The maximum Gasteiger partial charge on any atom is 0.148 e. The maximum absolute atomic E-state index is 5.63. The zero-order valence-corrected chi connectivity index (χ0v) is 8.83. The zero-order valence-electron chi connectivity index (χ0n) is 8.83. The van der Waals surface area contributed by atoms with E-state index in [0.717, 1.165) is 30.9 Å². The van der Waals surface area contributed by atoms with Gasteiger partial charge in [0.2, 0.25) is 0 Å². The fraction of sp³-hybridized carbons (Fsp3) is 0.600. The Morgan fingerprint density at radius 3 is 2.71 bits per heavy atom. The highest BCUT2D eigenvalue weighted by molar-refractivity contribution is 5.32. The van der Waals surface area contributed by atoms with Gasteiger partial charge in [0.15, 0.2) is 0 Å². The molecule has 4 heteroatoms. The summed E-state index contributed by atoms with van der Waals surface area (Å²) < 4.78 is 0. The van der Waals surface area contributed by atoms with Crippen LogP contribution >= 0.6 is 0 Å². The van der Waals surface area contributed by atoms with Crippen LogP contribution in [-0.4, -0.2) is 22.8 Å². The first-order valence-electron chi connectivity index (χ1n) is 5.04. The van der Waals surface area contributed by atoms with Gasteiger partial charge in [0.05, 0.1) is 5.69 Å². The third-order valence-corrected chi connectivity index (χ3v) is 1.99. The molecule has 0 aliphatic rings. The summed E-state index contributed by atoms with van der Waals surface area (Å²) in [5.74, 6) is 0.822. The van der Waals surface area contributed by atoms with E-state index in [1.807, 2.05) is 19.1 Å². The summed E-state index contributed by atoms with van der Waals surface area (Å²) in [7, 11) is 0. The fourth-order valence-corrected chi connectivity index (χ4v) is 1.07. The molecule has 0 radical (unpaired) electrons. The second-order valence-electron chi connectivity index (χ2n) is 3.46. The van der Waals surface area contributed by atoms with Crippen molar-refractivity contribution >= 4 is 5.82 Å². The van der Waals surface area contributed by atoms with Gasteiger partial charge in [-0.05, 0) is 31.9 Å². The van der Waals surface area contributed by atoms with Crippen LogP contribution in [0.3, 0.4) is 0 Å². The van der Waals surface area contributed by atoms with Crippen LogP contribution in [0.2, 0.25) is 0 Å². The molecule has 0 amide bonds. The predicted molar refractivity (Wildman–Crippen MR) is 58.2 cm³/mol. The second-order valence-corrected chi connectivity index (χ2v) is 3.46. The van der Waals surface area contributed by atoms with Gasteiger partial charge in [-0.2, -0.15) is 5.10 Å². The van der Waals surface area contributed by atoms with Crippen molar-refractivity contribution in [3.8, 4) is 0 Å². The second kappa shape index (κ2) is 5.54. The highest BCUT2D eigenvalue weighted by Crippen LogP contribution is 2.02. The molecule has 0 aliphatic heterocycles. The van der Waals surface area contributed by atoms with Crippen molar-refractivity contribution in [2.75, 3.05) is 11.9 Å². The quantitative estimate of drug-likeness (QED) is 0.739. The van der Waals surface area contributed by atoms with Crippen LogP contribution in [0.4, 0.5) is 5.82 Å². The van der Waals surface area contributed by atoms with Crippen molar-refractivity contribution in [1.82, 2.24) is 10.2 Å². The molecule has 1 aromatic rings. The monoisotopic (exact) mass is 194 g/mol. The van der Waals surface area contributed by atoms with Crippen LogP contribution in [0.5, 0.6) is 0 Å². The van der Waals surface area contributed by atoms with E-state index in [0.29, 0.717) is 0 Å². The molecule has 0 saturated heterocycles. The highest BCUT2D eigenvalue weighted by Gasteiger charge is 1.97. The average Bonchev–Trinajstić information content (AvgIpc) is 2.18. The molecule has 0 bridgehead atoms. The molecule has 1 rings (SSSR count). The van der Waals surface area contributed by atoms with E-state index in [1.54, 1.807) is 0 Å². The molecule has 4 nitrogen and oxygen atoms in total. The zero-order chi connectivity index (χ0) is 10.4. The van der Waals surface area contributed by atoms with E-state index in [9.17, 15) is 0 Å². The Labute approximate surface area is 84.9 Å². The van der Waals surface area contributed by atoms with Crippen molar-refractivity contribution in [1.29, 1.82) is 0 Å². The standard InChI is InChI=1S/C10H18N4/c1-3-9-4-5-10(14-13-9)12-7-6-8(2)11/h4-5,8H,3,6-7,11H2,1-2H3,(H,12,14). The number of nitrogens with one attached hydrogen (secondary N) is 1. The van der Waals surface area contributed by atoms with Crippen LogP contribution in [0.15, 0.2) is 12.1 Å². The van der Waals surface area contributed by atoms with Crippen LogP contribution in [0.1, 0.15) is 26.0 Å². The topological polar surface area (TPSA) is 63.8 Å². The Bertz CT molecular complexity index is 255. The van der Waals surface area contributed by atoms with E-state index in [2.05, 4.69) is 22.4 Å². The number of nitrogens with two attached hydrogens (primary N) is 1. The van der Waals surface area contributed by atoms with Crippen molar-refractivity contribution < 1.29 is 0 Å². The Hall–Kier alpha value is -1.16. The third-order valence-electron chi connectivity index (χ3n) is 1.99. The van der Waals surface area contributed by atoms with Gasteiger partial charge in [-0.1, -0.05) is 6.92 Å². The molecule has 14 heavy (non-hydrogen) atoms. The van der Waals surface area contributed by atoms with E-state index in [-0.39, 0.29) is 6.04 Å². The normalized spacial score (nSPS) is 12.5. The fourth-order valence-electron chi connectivity index (χ4n) is 1.07. The summed E-state index contributed by atoms with van der Waals surface area (Å²) in [6.45, 7) is 4.90. The van der Waals surface area contributed by atoms with Crippen molar-refractivity contribution in [2.24, 2.45) is 5.73 Å². The summed E-state index contributed by atoms with van der Waals surface area (Å²) in [4.78, 5) is 0. The lowest BCUT2D eigenvalue weighted by Crippen LogP contribution is -2.19. The summed E-state index contributed by atoms with van der Waals surface area (Å²) in [5.41, 5.74) is 6.64. The van der Waals surface area contributed by atoms with Crippen molar-refractivity contribution in [3.63, 3.8) is 0 Å². The molecule has 1 aromatic heterocycles. The van der Waals surface area contributed by atoms with E-state index >= 15 is 0 Å². The van der Waals surface area contributed by atoms with Gasteiger partial charge in [-0.15, -0.1) is 5.10 Å². The summed E-state index contributed by atoms with van der Waals surface area (Å²) in [5, 5.41) is 11.3. The van der Waals surface area contributed by atoms with Gasteiger partial charge in [0.25, 0.3) is 0 Å². The molecule has 0 fully saturated rings. The number of nitrogens with zero attached hydrogens (tertiary/aromatic N) is 2. The number of rotatable bonds is 5. The smallest absolute Gasteiger partial charge is 0.148 e. The first-order chi connectivity index (χ1) is 6.72. The van der Waals surface area contributed by atoms with Crippen LogP contribution < -0.4 is 11.1 Å². The molecule has 0 spiro atoms. The summed E-state index contributed by atoms with van der Waals surface area (Å²) in [6.07, 6.45) is 1.87. The molecular weight excluding hydrogens is 176 g/mol. The SMILES string of the molecule is CCc1ccc(NCCC(C)N)nn1. The maximum atomic E-state index is 5.63. The third kappa shape index (κ3) is 3.70. The molecule has 1 heterocycles. The predicted octanol–water partition coefficient (Wildman–Crippen LogP) is 1.19. The van der Waals surface area contributed by atoms with Crippen LogP contribution in [-0.2, 0) is 6.42 Å². The lowest BCUT2D eigenvalue weighted by atomic mass is 10.2. The molecule has 78 valence electrons. The summed E-state index contributed by atoms with van der Waals surface area (Å²) >= 11 is 0. The Kier molecular flexibility index (Phi) is 4.32. The van der Waals surface area contributed by atoms with Crippen LogP contribution in [0, 0.1) is 0 Å². The Balaban J connectivity index is 2.36. The van der Waals surface area contributed by atoms with Crippen molar-refractivity contribution in [2.45, 2.75) is 32.7 Å². The highest BCUT2D eigenvalue weighted by atomic mass is 15.2. The van der Waals surface area contributed by atoms with Gasteiger partial charge in [0.1, 0.15) is 5.82 Å². The van der Waals surface area contributed by atoms with E-state index < -0.39 is 0 Å². The van der Waals surface area contributed by atoms with Gasteiger partial charge < -0.3 is 11.1 Å². The number of hydrogen-bond acceptors (Lipinski definition) is 4. The minimum absolute atomic E-state index is 0.227. The van der Waals surface area contributed by atoms with Gasteiger partial charge in [-0.3, -0.25) is 0 Å². The molecule has 0 aromatic carbocycles. The van der Waals surface area contributed by atoms with Gasteiger partial charge in [-0.25, -0.2) is 0 Å². The Morgan fingerprint density at radius 1 is 1.43 bits per heavy atom. The molecule has 3 N–H and O–H groups in total. The summed E-state index contributed by atoms with van der Waals surface area (Å²) in [6, 6.07) is 4.17. The molecular formula is C10H18N4. The van der Waals surface area contributed by atoms with Crippen molar-refractivity contribution in [3.05, 3.63) is 17.8 Å². The van der Waals surface area contributed by atoms with E-state index in [4.69, 9.17) is 5.73 Å². The molecule has 1 unspecified atom stereocenters. The Morgan fingerprint density at radius 2 is 2.21 bits per heavy atom. The largest absolute Gasteiger partial charge is 0.369 e. The van der Waals surface area contributed by atoms with Gasteiger partial charge >= 0.3 is 0 Å².